The summed E-state index contributed by atoms with van der Waals surface area (Å²) in [7, 11) is 0. The third-order valence-electron chi connectivity index (χ3n) is 10.5. The van der Waals surface area contributed by atoms with E-state index in [-0.39, 0.29) is 10.8 Å². The first kappa shape index (κ1) is 28.1. The molecule has 4 aliphatic carbocycles. The molecule has 0 saturated heterocycles. The zero-order valence-corrected chi connectivity index (χ0v) is 24.5. The number of aliphatic hydroxyl groups excluding tert-OH is 3. The Labute approximate surface area is 234 Å². The van der Waals surface area contributed by atoms with Gasteiger partial charge in [0, 0.05) is 21.6 Å². The first-order chi connectivity index (χ1) is 18.2. The second-order valence-electron chi connectivity index (χ2n) is 13.0. The van der Waals surface area contributed by atoms with Crippen LogP contribution in [-0.2, 0) is 11.8 Å². The van der Waals surface area contributed by atoms with Crippen molar-refractivity contribution in [3.05, 3.63) is 69.5 Å². The van der Waals surface area contributed by atoms with Crippen molar-refractivity contribution in [1.29, 1.82) is 0 Å². The topological polar surface area (TPSA) is 60.7 Å². The van der Waals surface area contributed by atoms with Crippen LogP contribution in [0.5, 0.6) is 0 Å². The number of aryl methyl sites for hydroxylation is 1. The largest absolute Gasteiger partial charge is 0.393 e. The van der Waals surface area contributed by atoms with Crippen molar-refractivity contribution in [1.82, 2.24) is 0 Å². The number of hydrogen-bond donors (Lipinski definition) is 3. The van der Waals surface area contributed by atoms with E-state index in [0.717, 1.165) is 36.8 Å². The first-order valence-corrected chi connectivity index (χ1v) is 15.9. The predicted molar refractivity (Wildman–Crippen MR) is 158 cm³/mol. The number of hydrogen-bond acceptors (Lipinski definition) is 4. The SMILES string of the molecule is C=C1C(=CC=C2CCC[C@]3(C)[C@@H]([C@H](C)C=C[C@H](O)C4(c5ccc(CCC)s5)CC4)CC[C@@H]23)C[C@@H](O)C[C@@H]1O. The summed E-state index contributed by atoms with van der Waals surface area (Å²) in [4.78, 5) is 2.82. The standard InChI is InChI=1S/C34H48O3S/c1-5-7-27-12-16-32(38-27)34(18-19-34)31(37)15-9-22(2)28-13-14-29-24(8-6-17-33(28,29)4)10-11-25-20-26(35)21-30(36)23(25)3/h9-12,15-16,22,26,28-31,35-37H,3,5-8,13-14,17-21H2,1-2,4H3/t22-,26-,28-,29+,30+,31+,33-/m1/s1. The maximum atomic E-state index is 11.3. The van der Waals surface area contributed by atoms with Crippen molar-refractivity contribution in [2.45, 2.75) is 115 Å². The lowest BCUT2D eigenvalue weighted by Gasteiger charge is -2.44. The van der Waals surface area contributed by atoms with Crippen LogP contribution < -0.4 is 0 Å². The molecule has 4 saturated carbocycles. The Bertz CT molecular complexity index is 1100. The highest BCUT2D eigenvalue weighted by atomic mass is 32.1. The van der Waals surface area contributed by atoms with Gasteiger partial charge >= 0.3 is 0 Å². The molecular weight excluding hydrogens is 488 g/mol. The molecule has 5 rings (SSSR count). The fraction of sp³-hybridized carbons (Fsp3) is 0.647. The molecule has 3 nitrogen and oxygen atoms in total. The van der Waals surface area contributed by atoms with Crippen LogP contribution in [0, 0.1) is 23.2 Å². The number of aliphatic hydroxyl groups is 3. The average Bonchev–Trinajstić information content (AvgIpc) is 3.42. The molecule has 3 N–H and O–H groups in total. The monoisotopic (exact) mass is 536 g/mol. The van der Waals surface area contributed by atoms with E-state index in [9.17, 15) is 15.3 Å². The molecule has 0 spiro atoms. The smallest absolute Gasteiger partial charge is 0.0825 e. The van der Waals surface area contributed by atoms with Crippen LogP contribution in [-0.4, -0.2) is 33.6 Å². The first-order valence-electron chi connectivity index (χ1n) is 15.1. The van der Waals surface area contributed by atoms with Gasteiger partial charge in [0.15, 0.2) is 0 Å². The molecule has 0 aromatic carbocycles. The number of rotatable bonds is 8. The van der Waals surface area contributed by atoms with E-state index >= 15 is 0 Å². The second-order valence-corrected chi connectivity index (χ2v) is 14.2. The minimum absolute atomic E-state index is 0.0481. The molecular formula is C34H48O3S. The Hall–Kier alpha value is -1.46. The zero-order valence-electron chi connectivity index (χ0n) is 23.7. The summed E-state index contributed by atoms with van der Waals surface area (Å²) < 4.78 is 0. The highest BCUT2D eigenvalue weighted by Crippen LogP contribution is 2.60. The zero-order chi connectivity index (χ0) is 27.1. The van der Waals surface area contributed by atoms with Gasteiger partial charge in [0.05, 0.1) is 18.3 Å². The summed E-state index contributed by atoms with van der Waals surface area (Å²) in [6, 6.07) is 4.53. The van der Waals surface area contributed by atoms with Gasteiger partial charge in [-0.15, -0.1) is 11.3 Å². The summed E-state index contributed by atoms with van der Waals surface area (Å²) in [5.74, 6) is 1.65. The molecule has 0 radical (unpaired) electrons. The predicted octanol–water partition coefficient (Wildman–Crippen LogP) is 7.43. The van der Waals surface area contributed by atoms with Crippen molar-refractivity contribution in [2.75, 3.05) is 0 Å². The van der Waals surface area contributed by atoms with Gasteiger partial charge in [-0.25, -0.2) is 0 Å². The maximum absolute atomic E-state index is 11.3. The van der Waals surface area contributed by atoms with Crippen LogP contribution in [0.4, 0.5) is 0 Å². The molecule has 4 fully saturated rings. The highest BCUT2D eigenvalue weighted by Gasteiger charge is 2.52. The summed E-state index contributed by atoms with van der Waals surface area (Å²) in [5.41, 5.74) is 3.53. The molecule has 0 unspecified atom stereocenters. The lowest BCUT2D eigenvalue weighted by atomic mass is 9.61. The lowest BCUT2D eigenvalue weighted by molar-refractivity contribution is 0.0862. The number of fused-ring (bicyclic) bond motifs is 1. The molecule has 4 aliphatic rings. The fourth-order valence-corrected chi connectivity index (χ4v) is 9.44. The Morgan fingerprint density at radius 2 is 1.92 bits per heavy atom. The third kappa shape index (κ3) is 5.31. The molecule has 38 heavy (non-hydrogen) atoms. The molecule has 208 valence electrons. The Kier molecular flexibility index (Phi) is 8.27. The summed E-state index contributed by atoms with van der Waals surface area (Å²) >= 11 is 1.91. The van der Waals surface area contributed by atoms with Gasteiger partial charge < -0.3 is 15.3 Å². The van der Waals surface area contributed by atoms with E-state index in [4.69, 9.17) is 0 Å². The van der Waals surface area contributed by atoms with Crippen LogP contribution in [0.15, 0.2) is 59.7 Å². The van der Waals surface area contributed by atoms with E-state index in [1.165, 1.54) is 47.4 Å². The van der Waals surface area contributed by atoms with Crippen molar-refractivity contribution >= 4 is 11.3 Å². The minimum Gasteiger partial charge on any atom is -0.393 e. The summed E-state index contributed by atoms with van der Waals surface area (Å²) in [6.45, 7) is 11.2. The van der Waals surface area contributed by atoms with Gasteiger partial charge in [-0.1, -0.05) is 63.6 Å². The average molecular weight is 537 g/mol. The van der Waals surface area contributed by atoms with Gasteiger partial charge in [-0.2, -0.15) is 0 Å². The second kappa shape index (κ2) is 11.2. The maximum Gasteiger partial charge on any atom is 0.0825 e. The normalized spacial score (nSPS) is 36.6. The summed E-state index contributed by atoms with van der Waals surface area (Å²) in [5, 5.41) is 31.6. The van der Waals surface area contributed by atoms with Gasteiger partial charge in [0.25, 0.3) is 0 Å². The van der Waals surface area contributed by atoms with E-state index in [1.54, 1.807) is 0 Å². The van der Waals surface area contributed by atoms with E-state index in [1.807, 2.05) is 11.3 Å². The van der Waals surface area contributed by atoms with Crippen molar-refractivity contribution in [3.8, 4) is 0 Å². The molecule has 1 heterocycles. The highest BCUT2D eigenvalue weighted by molar-refractivity contribution is 7.12. The Balaban J connectivity index is 1.27. The molecule has 0 amide bonds. The van der Waals surface area contributed by atoms with Gasteiger partial charge in [-0.3, -0.25) is 0 Å². The Morgan fingerprint density at radius 1 is 1.13 bits per heavy atom. The van der Waals surface area contributed by atoms with Crippen LogP contribution in [0.3, 0.4) is 0 Å². The van der Waals surface area contributed by atoms with Crippen molar-refractivity contribution < 1.29 is 15.3 Å². The molecule has 4 heteroatoms. The molecule has 1 aromatic heterocycles. The van der Waals surface area contributed by atoms with Crippen LogP contribution >= 0.6 is 11.3 Å². The lowest BCUT2D eigenvalue weighted by Crippen LogP contribution is -2.35. The molecule has 0 aliphatic heterocycles. The number of allylic oxidation sites excluding steroid dienone is 4. The van der Waals surface area contributed by atoms with Gasteiger partial charge in [0.2, 0.25) is 0 Å². The minimum atomic E-state index is -0.633. The van der Waals surface area contributed by atoms with Crippen LogP contribution in [0.2, 0.25) is 0 Å². The van der Waals surface area contributed by atoms with Crippen LogP contribution in [0.25, 0.3) is 0 Å². The fourth-order valence-electron chi connectivity index (χ4n) is 8.06. The Morgan fingerprint density at radius 3 is 2.66 bits per heavy atom. The molecule has 0 bridgehead atoms. The molecule has 1 aromatic rings. The molecule has 7 atom stereocenters. The van der Waals surface area contributed by atoms with Gasteiger partial charge in [0.1, 0.15) is 0 Å². The van der Waals surface area contributed by atoms with E-state index in [0.29, 0.717) is 30.6 Å². The van der Waals surface area contributed by atoms with Gasteiger partial charge in [-0.05, 0) is 104 Å². The van der Waals surface area contributed by atoms with Crippen molar-refractivity contribution in [3.63, 3.8) is 0 Å². The van der Waals surface area contributed by atoms with E-state index < -0.39 is 18.3 Å². The van der Waals surface area contributed by atoms with Crippen LogP contribution in [0.1, 0.15) is 94.7 Å². The summed E-state index contributed by atoms with van der Waals surface area (Å²) in [6.07, 6.45) is 18.9. The third-order valence-corrected chi connectivity index (χ3v) is 11.9. The number of thiophene rings is 1. The van der Waals surface area contributed by atoms with E-state index in [2.05, 4.69) is 63.8 Å². The quantitative estimate of drug-likeness (QED) is 0.303. The van der Waals surface area contributed by atoms with Crippen molar-refractivity contribution in [2.24, 2.45) is 23.2 Å².